The third-order valence-corrected chi connectivity index (χ3v) is 5.14. The van der Waals surface area contributed by atoms with Crippen LogP contribution in [-0.2, 0) is 12.8 Å². The molecule has 0 aliphatic heterocycles. The Hall–Kier alpha value is -3.12. The van der Waals surface area contributed by atoms with Gasteiger partial charge in [0.05, 0.1) is 0 Å². The Kier molecular flexibility index (Phi) is 6.22. The molecule has 0 radical (unpaired) electrons. The summed E-state index contributed by atoms with van der Waals surface area (Å²) in [7, 11) is 0. The molecule has 3 aromatic carbocycles. The topological polar surface area (TPSA) is 0 Å². The summed E-state index contributed by atoms with van der Waals surface area (Å²) >= 11 is 0. The second-order valence-corrected chi connectivity index (χ2v) is 6.74. The molecule has 0 atom stereocenters. The normalized spacial score (nSPS) is 10.6. The molecule has 0 saturated carbocycles. The highest BCUT2D eigenvalue weighted by molar-refractivity contribution is 5.57. The van der Waals surface area contributed by atoms with Gasteiger partial charge in [-0.1, -0.05) is 111 Å². The first-order chi connectivity index (χ1) is 13.3. The van der Waals surface area contributed by atoms with E-state index >= 15 is 0 Å². The van der Waals surface area contributed by atoms with E-state index in [2.05, 4.69) is 92.5 Å². The summed E-state index contributed by atoms with van der Waals surface area (Å²) in [5, 5.41) is 0. The van der Waals surface area contributed by atoms with Crippen molar-refractivity contribution in [3.63, 3.8) is 0 Å². The summed E-state index contributed by atoms with van der Waals surface area (Å²) < 4.78 is 0. The molecule has 0 heterocycles. The third-order valence-electron chi connectivity index (χ3n) is 5.14. The molecule has 3 aromatic rings. The summed E-state index contributed by atoms with van der Waals surface area (Å²) in [5.74, 6) is 0.349. The highest BCUT2D eigenvalue weighted by Gasteiger charge is 2.18. The summed E-state index contributed by atoms with van der Waals surface area (Å²) in [6.07, 6.45) is 7.77. The number of hydrogen-bond acceptors (Lipinski definition) is 0. The lowest BCUT2D eigenvalue weighted by molar-refractivity contribution is 0.677. The van der Waals surface area contributed by atoms with Crippen LogP contribution in [0.2, 0.25) is 0 Å². The molecule has 0 aliphatic carbocycles. The van der Waals surface area contributed by atoms with Gasteiger partial charge in [0.25, 0.3) is 0 Å². The van der Waals surface area contributed by atoms with Gasteiger partial charge in [-0.05, 0) is 52.1 Å². The second-order valence-electron chi connectivity index (χ2n) is 6.74. The van der Waals surface area contributed by atoms with Gasteiger partial charge in [-0.3, -0.25) is 0 Å². The predicted molar refractivity (Wildman–Crippen MR) is 120 cm³/mol. The average Bonchev–Trinajstić information content (AvgIpc) is 2.74. The molecule has 0 nitrogen and oxygen atoms in total. The van der Waals surface area contributed by atoms with Crippen molar-refractivity contribution in [1.29, 1.82) is 0 Å². The van der Waals surface area contributed by atoms with Crippen LogP contribution in [0.5, 0.6) is 0 Å². The van der Waals surface area contributed by atoms with Gasteiger partial charge in [-0.15, -0.1) is 0 Å². The number of benzene rings is 3. The molecule has 27 heavy (non-hydrogen) atoms. The molecule has 0 unspecified atom stereocenters. The lowest BCUT2D eigenvalue weighted by atomic mass is 9.82. The average molecular weight is 351 g/mol. The van der Waals surface area contributed by atoms with Crippen molar-refractivity contribution in [3.8, 4) is 0 Å². The Labute approximate surface area is 163 Å². The van der Waals surface area contributed by atoms with Gasteiger partial charge < -0.3 is 0 Å². The van der Waals surface area contributed by atoms with Crippen molar-refractivity contribution in [1.82, 2.24) is 0 Å². The van der Waals surface area contributed by atoms with E-state index in [0.29, 0.717) is 5.92 Å². The second kappa shape index (κ2) is 9.00. The number of hydrogen-bond donors (Lipinski definition) is 0. The molecule has 0 fully saturated rings. The van der Waals surface area contributed by atoms with E-state index in [0.717, 1.165) is 12.8 Å². The lowest BCUT2D eigenvalue weighted by Gasteiger charge is -2.22. The van der Waals surface area contributed by atoms with Crippen molar-refractivity contribution in [3.05, 3.63) is 126 Å². The van der Waals surface area contributed by atoms with Crippen molar-refractivity contribution in [2.45, 2.75) is 18.8 Å². The lowest BCUT2D eigenvalue weighted by Crippen LogP contribution is -2.10. The van der Waals surface area contributed by atoms with Crippen LogP contribution < -0.4 is 0 Å². The maximum absolute atomic E-state index is 4.02. The molecule has 0 amide bonds. The molecule has 0 N–H and O–H groups in total. The van der Waals surface area contributed by atoms with E-state index in [9.17, 15) is 0 Å². The van der Waals surface area contributed by atoms with Gasteiger partial charge in [0.2, 0.25) is 0 Å². The first-order valence-corrected chi connectivity index (χ1v) is 9.39. The van der Waals surface area contributed by atoms with Crippen LogP contribution in [0.4, 0.5) is 0 Å². The Morgan fingerprint density at radius 1 is 0.556 bits per heavy atom. The molecule has 0 saturated heterocycles. The summed E-state index contributed by atoms with van der Waals surface area (Å²) in [4.78, 5) is 0. The SMILES string of the molecule is C=Cc1ccccc1CC(Cc1ccccc1C=C)c1ccccc1C=C. The minimum absolute atomic E-state index is 0.349. The molecule has 134 valence electrons. The van der Waals surface area contributed by atoms with Crippen LogP contribution in [0.15, 0.2) is 92.5 Å². The van der Waals surface area contributed by atoms with E-state index < -0.39 is 0 Å². The first-order valence-electron chi connectivity index (χ1n) is 9.39. The highest BCUT2D eigenvalue weighted by Crippen LogP contribution is 2.31. The van der Waals surface area contributed by atoms with Crippen molar-refractivity contribution in [2.24, 2.45) is 0 Å². The van der Waals surface area contributed by atoms with Crippen molar-refractivity contribution in [2.75, 3.05) is 0 Å². The van der Waals surface area contributed by atoms with Gasteiger partial charge in [0.15, 0.2) is 0 Å². The maximum Gasteiger partial charge on any atom is -0.00747 e. The monoisotopic (exact) mass is 350 g/mol. The minimum atomic E-state index is 0.349. The quantitative estimate of drug-likeness (QED) is 0.403. The molecule has 3 rings (SSSR count). The molecular formula is C27H26. The van der Waals surface area contributed by atoms with E-state index in [1.165, 1.54) is 33.4 Å². The third kappa shape index (κ3) is 4.35. The highest BCUT2D eigenvalue weighted by atomic mass is 14.2. The van der Waals surface area contributed by atoms with Crippen LogP contribution in [0.1, 0.15) is 39.3 Å². The largest absolute Gasteiger partial charge is 0.0985 e. The van der Waals surface area contributed by atoms with E-state index in [4.69, 9.17) is 0 Å². The van der Waals surface area contributed by atoms with Crippen molar-refractivity contribution < 1.29 is 0 Å². The maximum atomic E-state index is 4.02. The Morgan fingerprint density at radius 3 is 1.44 bits per heavy atom. The summed E-state index contributed by atoms with van der Waals surface area (Å²) in [5.41, 5.74) is 7.60. The van der Waals surface area contributed by atoms with E-state index in [1.807, 2.05) is 18.2 Å². The number of rotatable bonds is 8. The molecule has 0 aromatic heterocycles. The van der Waals surface area contributed by atoms with Crippen LogP contribution in [0.25, 0.3) is 18.2 Å². The molecular weight excluding hydrogens is 324 g/mol. The smallest absolute Gasteiger partial charge is 0.00747 e. The van der Waals surface area contributed by atoms with Crippen LogP contribution in [0, 0.1) is 0 Å². The van der Waals surface area contributed by atoms with Gasteiger partial charge in [-0.2, -0.15) is 0 Å². The Morgan fingerprint density at radius 2 is 0.963 bits per heavy atom. The van der Waals surface area contributed by atoms with Crippen LogP contribution in [0.3, 0.4) is 0 Å². The van der Waals surface area contributed by atoms with Gasteiger partial charge >= 0.3 is 0 Å². The first kappa shape index (κ1) is 18.7. The zero-order valence-corrected chi connectivity index (χ0v) is 15.8. The van der Waals surface area contributed by atoms with Gasteiger partial charge in [0, 0.05) is 0 Å². The Bertz CT molecular complexity index is 892. The predicted octanol–water partition coefficient (Wildman–Crippen LogP) is 7.18. The fourth-order valence-electron chi connectivity index (χ4n) is 3.73. The van der Waals surface area contributed by atoms with E-state index in [-0.39, 0.29) is 0 Å². The standard InChI is InChI=1S/C27H26/c1-4-21-13-7-9-16-24(21)19-26(27-18-12-11-15-23(27)6-3)20-25-17-10-8-14-22(25)5-2/h4-18,26H,1-3,19-20H2. The Balaban J connectivity index is 2.04. The summed E-state index contributed by atoms with van der Waals surface area (Å²) in [6, 6.07) is 25.6. The van der Waals surface area contributed by atoms with Gasteiger partial charge in [0.1, 0.15) is 0 Å². The van der Waals surface area contributed by atoms with Crippen LogP contribution in [-0.4, -0.2) is 0 Å². The van der Waals surface area contributed by atoms with Crippen molar-refractivity contribution >= 4 is 18.2 Å². The molecule has 0 aliphatic rings. The fraction of sp³-hybridized carbons (Fsp3) is 0.111. The van der Waals surface area contributed by atoms with Crippen LogP contribution >= 0.6 is 0 Å². The molecule has 0 bridgehead atoms. The fourth-order valence-corrected chi connectivity index (χ4v) is 3.73. The summed E-state index contributed by atoms with van der Waals surface area (Å²) in [6.45, 7) is 12.0. The minimum Gasteiger partial charge on any atom is -0.0985 e. The zero-order valence-electron chi connectivity index (χ0n) is 15.8. The molecule has 0 heteroatoms. The van der Waals surface area contributed by atoms with Gasteiger partial charge in [-0.25, -0.2) is 0 Å². The van der Waals surface area contributed by atoms with E-state index in [1.54, 1.807) is 0 Å². The molecule has 0 spiro atoms. The zero-order chi connectivity index (χ0) is 19.1.